The van der Waals surface area contributed by atoms with Crippen molar-refractivity contribution >= 4 is 11.8 Å². The third kappa shape index (κ3) is 5.97. The van der Waals surface area contributed by atoms with Crippen molar-refractivity contribution in [3.63, 3.8) is 0 Å². The van der Waals surface area contributed by atoms with E-state index in [2.05, 4.69) is 12.1 Å². The second kappa shape index (κ2) is 10.9. The summed E-state index contributed by atoms with van der Waals surface area (Å²) in [6.45, 7) is 2.71. The molecular formula is C26H28O4S. The maximum absolute atomic E-state index is 10.9. The lowest BCUT2D eigenvalue weighted by atomic mass is 10.00. The molecule has 3 aromatic carbocycles. The summed E-state index contributed by atoms with van der Waals surface area (Å²) in [6.07, 6.45) is -2.08. The van der Waals surface area contributed by atoms with Crippen LogP contribution in [-0.2, 0) is 27.4 Å². The van der Waals surface area contributed by atoms with Gasteiger partial charge < -0.3 is 19.3 Å². The summed E-state index contributed by atoms with van der Waals surface area (Å²) in [5, 5.41) is 10.9. The number of hydrogen-bond acceptors (Lipinski definition) is 5. The lowest BCUT2D eigenvalue weighted by molar-refractivity contribution is -0.228. The molecule has 0 aliphatic carbocycles. The number of aliphatic hydroxyl groups excluding tert-OH is 1. The van der Waals surface area contributed by atoms with Crippen LogP contribution in [0.25, 0.3) is 0 Å². The minimum absolute atomic E-state index is 0.301. The predicted molar refractivity (Wildman–Crippen MR) is 123 cm³/mol. The minimum Gasteiger partial charge on any atom is -0.388 e. The van der Waals surface area contributed by atoms with E-state index in [0.717, 1.165) is 16.0 Å². The maximum Gasteiger partial charge on any atom is 0.136 e. The van der Waals surface area contributed by atoms with E-state index >= 15 is 0 Å². The van der Waals surface area contributed by atoms with Gasteiger partial charge in [0, 0.05) is 4.90 Å². The quantitative estimate of drug-likeness (QED) is 0.535. The summed E-state index contributed by atoms with van der Waals surface area (Å²) in [5.41, 5.74) is 1.83. The molecule has 0 radical (unpaired) electrons. The van der Waals surface area contributed by atoms with Crippen molar-refractivity contribution in [2.24, 2.45) is 0 Å². The van der Waals surface area contributed by atoms with E-state index in [1.807, 2.05) is 85.8 Å². The summed E-state index contributed by atoms with van der Waals surface area (Å²) in [7, 11) is 0. The second-order valence-corrected chi connectivity index (χ2v) is 8.83. The first-order valence-corrected chi connectivity index (χ1v) is 11.4. The van der Waals surface area contributed by atoms with Crippen LogP contribution in [-0.4, -0.2) is 35.0 Å². The lowest BCUT2D eigenvalue weighted by Gasteiger charge is -2.43. The topological polar surface area (TPSA) is 47.9 Å². The van der Waals surface area contributed by atoms with Crippen molar-refractivity contribution in [3.05, 3.63) is 102 Å². The van der Waals surface area contributed by atoms with Gasteiger partial charge >= 0.3 is 0 Å². The number of thioether (sulfide) groups is 1. The van der Waals surface area contributed by atoms with Gasteiger partial charge in [-0.3, -0.25) is 0 Å². The highest BCUT2D eigenvalue weighted by Crippen LogP contribution is 2.36. The van der Waals surface area contributed by atoms with Gasteiger partial charge in [0.05, 0.1) is 19.3 Å². The Morgan fingerprint density at radius 1 is 0.742 bits per heavy atom. The Hall–Kier alpha value is -2.15. The molecule has 0 spiro atoms. The molecule has 0 unspecified atom stereocenters. The van der Waals surface area contributed by atoms with Crippen LogP contribution in [0.4, 0.5) is 0 Å². The fraction of sp³-hybridized carbons (Fsp3) is 0.308. The summed E-state index contributed by atoms with van der Waals surface area (Å²) >= 11 is 1.60. The van der Waals surface area contributed by atoms with Gasteiger partial charge in [0.15, 0.2) is 0 Å². The molecule has 0 bridgehead atoms. The van der Waals surface area contributed by atoms with Crippen LogP contribution in [0.5, 0.6) is 0 Å². The van der Waals surface area contributed by atoms with Crippen molar-refractivity contribution in [2.45, 2.75) is 54.9 Å². The van der Waals surface area contributed by atoms with Crippen LogP contribution < -0.4 is 0 Å². The first-order valence-electron chi connectivity index (χ1n) is 10.6. The van der Waals surface area contributed by atoms with Gasteiger partial charge in [-0.15, -0.1) is 0 Å². The molecule has 1 aliphatic heterocycles. The number of benzene rings is 3. The molecule has 4 nitrogen and oxygen atoms in total. The molecule has 1 N–H and O–H groups in total. The Labute approximate surface area is 188 Å². The van der Waals surface area contributed by atoms with Gasteiger partial charge in [-0.2, -0.15) is 0 Å². The summed E-state index contributed by atoms with van der Waals surface area (Å²) in [6, 6.07) is 30.1. The molecular weight excluding hydrogens is 408 g/mol. The van der Waals surface area contributed by atoms with E-state index in [0.29, 0.717) is 13.2 Å². The average Bonchev–Trinajstić information content (AvgIpc) is 2.81. The van der Waals surface area contributed by atoms with E-state index in [4.69, 9.17) is 14.2 Å². The second-order valence-electron chi connectivity index (χ2n) is 7.65. The van der Waals surface area contributed by atoms with E-state index in [9.17, 15) is 5.11 Å². The van der Waals surface area contributed by atoms with Gasteiger partial charge in [0.25, 0.3) is 0 Å². The summed E-state index contributed by atoms with van der Waals surface area (Å²) < 4.78 is 18.8. The molecule has 1 fully saturated rings. The monoisotopic (exact) mass is 436 g/mol. The molecule has 1 saturated heterocycles. The molecule has 4 rings (SSSR count). The molecule has 1 heterocycles. The average molecular weight is 437 g/mol. The SMILES string of the molecule is C[C@@H]1O[C@@H](Sc2ccccc2)[C@H](OCc2ccccc2)[C@@H](OCc2ccccc2)[C@H]1O. The van der Waals surface area contributed by atoms with Crippen LogP contribution in [0.3, 0.4) is 0 Å². The Bertz CT molecular complexity index is 906. The molecule has 3 aromatic rings. The molecule has 0 aromatic heterocycles. The highest BCUT2D eigenvalue weighted by atomic mass is 32.2. The molecule has 1 aliphatic rings. The van der Waals surface area contributed by atoms with Crippen LogP contribution in [0.15, 0.2) is 95.9 Å². The molecule has 0 amide bonds. The number of ether oxygens (including phenoxy) is 3. The van der Waals surface area contributed by atoms with Crippen LogP contribution in [0, 0.1) is 0 Å². The van der Waals surface area contributed by atoms with Crippen molar-refractivity contribution in [1.82, 2.24) is 0 Å². The highest BCUT2D eigenvalue weighted by Gasteiger charge is 2.45. The normalized spacial score (nSPS) is 25.9. The molecule has 31 heavy (non-hydrogen) atoms. The molecule has 0 saturated carbocycles. The smallest absolute Gasteiger partial charge is 0.136 e. The number of aliphatic hydroxyl groups is 1. The zero-order valence-electron chi connectivity index (χ0n) is 17.5. The first kappa shape index (κ1) is 22.1. The molecule has 5 atom stereocenters. The Kier molecular flexibility index (Phi) is 7.78. The van der Waals surface area contributed by atoms with Crippen molar-refractivity contribution in [2.75, 3.05) is 0 Å². The van der Waals surface area contributed by atoms with Crippen molar-refractivity contribution in [3.8, 4) is 0 Å². The Morgan fingerprint density at radius 2 is 1.23 bits per heavy atom. The van der Waals surface area contributed by atoms with Gasteiger partial charge in [-0.1, -0.05) is 90.6 Å². The van der Waals surface area contributed by atoms with Gasteiger partial charge in [0.1, 0.15) is 23.7 Å². The minimum atomic E-state index is -0.780. The summed E-state index contributed by atoms with van der Waals surface area (Å²) in [5.74, 6) is 0. The van der Waals surface area contributed by atoms with Crippen molar-refractivity contribution < 1.29 is 19.3 Å². The number of rotatable bonds is 8. The zero-order valence-corrected chi connectivity index (χ0v) is 18.4. The zero-order chi connectivity index (χ0) is 21.5. The summed E-state index contributed by atoms with van der Waals surface area (Å²) in [4.78, 5) is 1.09. The van der Waals surface area contributed by atoms with E-state index in [1.54, 1.807) is 11.8 Å². The van der Waals surface area contributed by atoms with E-state index < -0.39 is 18.3 Å². The van der Waals surface area contributed by atoms with Gasteiger partial charge in [0.2, 0.25) is 0 Å². The highest BCUT2D eigenvalue weighted by molar-refractivity contribution is 7.99. The Morgan fingerprint density at radius 3 is 1.77 bits per heavy atom. The maximum atomic E-state index is 10.9. The fourth-order valence-electron chi connectivity index (χ4n) is 3.61. The molecule has 162 valence electrons. The predicted octanol–water partition coefficient (Wildman–Crippen LogP) is 5.06. The van der Waals surface area contributed by atoms with Crippen molar-refractivity contribution in [1.29, 1.82) is 0 Å². The number of hydrogen-bond donors (Lipinski definition) is 1. The van der Waals surface area contributed by atoms with E-state index in [1.165, 1.54) is 0 Å². The lowest BCUT2D eigenvalue weighted by Crippen LogP contribution is -2.57. The fourth-order valence-corrected chi connectivity index (χ4v) is 4.79. The largest absolute Gasteiger partial charge is 0.388 e. The van der Waals surface area contributed by atoms with E-state index in [-0.39, 0.29) is 11.5 Å². The Balaban J connectivity index is 1.54. The third-order valence-electron chi connectivity index (χ3n) is 5.32. The van der Waals surface area contributed by atoms with Gasteiger partial charge in [-0.05, 0) is 30.2 Å². The van der Waals surface area contributed by atoms with Gasteiger partial charge in [-0.25, -0.2) is 0 Å². The van der Waals surface area contributed by atoms with Crippen LogP contribution in [0.1, 0.15) is 18.1 Å². The standard InChI is InChI=1S/C26H28O4S/c1-19-23(27)24(28-17-20-11-5-2-6-12-20)25(29-18-21-13-7-3-8-14-21)26(30-19)31-22-15-9-4-10-16-22/h2-16,19,23-27H,17-18H2,1H3/t19-,23-,24-,25+,26-/m0/s1. The van der Waals surface area contributed by atoms with Crippen LogP contribution >= 0.6 is 11.8 Å². The van der Waals surface area contributed by atoms with Crippen LogP contribution in [0.2, 0.25) is 0 Å². The first-order chi connectivity index (χ1) is 15.2. The molecule has 5 heteroatoms. The third-order valence-corrected chi connectivity index (χ3v) is 6.48.